The summed E-state index contributed by atoms with van der Waals surface area (Å²) >= 11 is 0. The highest BCUT2D eigenvalue weighted by Crippen LogP contribution is 2.21. The third-order valence-corrected chi connectivity index (χ3v) is 5.52. The Hall–Kier alpha value is -3.85. The number of piperazine rings is 1. The second-order valence-corrected chi connectivity index (χ2v) is 7.54. The van der Waals surface area contributed by atoms with E-state index in [1.54, 1.807) is 41.0 Å². The van der Waals surface area contributed by atoms with Gasteiger partial charge in [-0.05, 0) is 42.0 Å². The maximum absolute atomic E-state index is 13.1. The zero-order chi connectivity index (χ0) is 21.8. The number of nitriles is 1. The molecule has 4 rings (SSSR count). The number of carbonyl (C=O) groups excluding carboxylic acids is 2. The molecular weight excluding hydrogens is 390 g/mol. The van der Waals surface area contributed by atoms with E-state index in [4.69, 9.17) is 10.00 Å². The first-order chi connectivity index (χ1) is 15.1. The lowest BCUT2D eigenvalue weighted by molar-refractivity contribution is -0.139. The van der Waals surface area contributed by atoms with Crippen LogP contribution in [-0.4, -0.2) is 53.9 Å². The molecule has 6 nitrogen and oxygen atoms in total. The first-order valence-corrected chi connectivity index (χ1v) is 10.3. The lowest BCUT2D eigenvalue weighted by Crippen LogP contribution is -2.53. The number of benzene rings is 3. The van der Waals surface area contributed by atoms with Crippen LogP contribution in [0, 0.1) is 11.3 Å². The molecule has 0 aliphatic carbocycles. The van der Waals surface area contributed by atoms with Crippen LogP contribution in [0.25, 0.3) is 10.8 Å². The highest BCUT2D eigenvalue weighted by molar-refractivity contribution is 6.07. The quantitative estimate of drug-likeness (QED) is 0.657. The van der Waals surface area contributed by atoms with Crippen molar-refractivity contribution >= 4 is 22.6 Å². The molecule has 0 N–H and O–H groups in total. The highest BCUT2D eigenvalue weighted by Gasteiger charge is 2.28. The third-order valence-electron chi connectivity index (χ3n) is 5.52. The predicted molar refractivity (Wildman–Crippen MR) is 118 cm³/mol. The van der Waals surface area contributed by atoms with Crippen molar-refractivity contribution in [2.24, 2.45) is 0 Å². The molecule has 1 saturated heterocycles. The standard InChI is InChI=1S/C25H23N3O3/c1-18(31-21-9-4-6-19(16-21)17-26)24(29)27-12-14-28(15-13-27)25(30)23-11-5-8-20-7-2-3-10-22(20)23/h2-11,16,18H,12-15H2,1H3. The summed E-state index contributed by atoms with van der Waals surface area (Å²) in [5.74, 6) is 0.353. The molecule has 0 radical (unpaired) electrons. The van der Waals surface area contributed by atoms with Crippen molar-refractivity contribution in [2.75, 3.05) is 26.2 Å². The molecule has 1 fully saturated rings. The van der Waals surface area contributed by atoms with Crippen LogP contribution in [0.3, 0.4) is 0 Å². The zero-order valence-corrected chi connectivity index (χ0v) is 17.3. The molecule has 3 aromatic carbocycles. The molecule has 1 heterocycles. The molecule has 0 aromatic heterocycles. The van der Waals surface area contributed by atoms with E-state index in [2.05, 4.69) is 6.07 Å². The first kappa shape index (κ1) is 20.4. The van der Waals surface area contributed by atoms with Crippen LogP contribution in [0.5, 0.6) is 5.75 Å². The molecular formula is C25H23N3O3. The maximum atomic E-state index is 13.1. The molecule has 1 unspecified atom stereocenters. The number of nitrogens with zero attached hydrogens (tertiary/aromatic N) is 3. The average Bonchev–Trinajstić information content (AvgIpc) is 2.83. The number of rotatable bonds is 4. The van der Waals surface area contributed by atoms with Crippen LogP contribution in [0.1, 0.15) is 22.8 Å². The predicted octanol–water partition coefficient (Wildman–Crippen LogP) is 3.46. The van der Waals surface area contributed by atoms with E-state index in [1.165, 1.54) is 0 Å². The van der Waals surface area contributed by atoms with E-state index < -0.39 is 6.10 Å². The second kappa shape index (κ2) is 8.88. The van der Waals surface area contributed by atoms with Gasteiger partial charge in [-0.25, -0.2) is 0 Å². The molecule has 1 aliphatic heterocycles. The number of amides is 2. The number of carbonyl (C=O) groups is 2. The summed E-state index contributed by atoms with van der Waals surface area (Å²) < 4.78 is 5.74. The van der Waals surface area contributed by atoms with E-state index >= 15 is 0 Å². The van der Waals surface area contributed by atoms with Gasteiger partial charge < -0.3 is 14.5 Å². The number of hydrogen-bond donors (Lipinski definition) is 0. The van der Waals surface area contributed by atoms with Gasteiger partial charge in [0.05, 0.1) is 11.6 Å². The third kappa shape index (κ3) is 4.36. The molecule has 6 heteroatoms. The molecule has 1 atom stereocenters. The second-order valence-electron chi connectivity index (χ2n) is 7.54. The van der Waals surface area contributed by atoms with Crippen LogP contribution < -0.4 is 4.74 Å². The van der Waals surface area contributed by atoms with Gasteiger partial charge in [-0.2, -0.15) is 5.26 Å². The van der Waals surface area contributed by atoms with Crippen molar-refractivity contribution < 1.29 is 14.3 Å². The van der Waals surface area contributed by atoms with Gasteiger partial charge in [0.25, 0.3) is 11.8 Å². The van der Waals surface area contributed by atoms with Gasteiger partial charge in [0.1, 0.15) is 5.75 Å². The van der Waals surface area contributed by atoms with Gasteiger partial charge in [0, 0.05) is 31.7 Å². The Morgan fingerprint density at radius 3 is 2.39 bits per heavy atom. The van der Waals surface area contributed by atoms with E-state index in [0.717, 1.165) is 10.8 Å². The lowest BCUT2D eigenvalue weighted by atomic mass is 10.0. The Morgan fingerprint density at radius 2 is 1.61 bits per heavy atom. The normalized spacial score (nSPS) is 14.7. The van der Waals surface area contributed by atoms with Crippen molar-refractivity contribution in [3.8, 4) is 11.8 Å². The Morgan fingerprint density at radius 1 is 0.935 bits per heavy atom. The van der Waals surface area contributed by atoms with Crippen molar-refractivity contribution in [1.82, 2.24) is 9.80 Å². The summed E-state index contributed by atoms with van der Waals surface area (Å²) in [6, 6.07) is 22.4. The molecule has 0 saturated carbocycles. The molecule has 0 bridgehead atoms. The Labute approximate surface area is 181 Å². The highest BCUT2D eigenvalue weighted by atomic mass is 16.5. The van der Waals surface area contributed by atoms with Crippen LogP contribution in [0.15, 0.2) is 66.7 Å². The number of fused-ring (bicyclic) bond motifs is 1. The number of ether oxygens (including phenoxy) is 1. The van der Waals surface area contributed by atoms with Crippen LogP contribution in [0.4, 0.5) is 0 Å². The minimum absolute atomic E-state index is 0.0125. The fraction of sp³-hybridized carbons (Fsp3) is 0.240. The van der Waals surface area contributed by atoms with Crippen molar-refractivity contribution in [3.63, 3.8) is 0 Å². The minimum atomic E-state index is -0.672. The van der Waals surface area contributed by atoms with Crippen molar-refractivity contribution in [1.29, 1.82) is 5.26 Å². The first-order valence-electron chi connectivity index (χ1n) is 10.3. The van der Waals surface area contributed by atoms with E-state index in [0.29, 0.717) is 43.1 Å². The van der Waals surface area contributed by atoms with Crippen LogP contribution in [-0.2, 0) is 4.79 Å². The minimum Gasteiger partial charge on any atom is -0.481 e. The zero-order valence-electron chi connectivity index (χ0n) is 17.3. The summed E-state index contributed by atoms with van der Waals surface area (Å²) in [5.41, 5.74) is 1.17. The summed E-state index contributed by atoms with van der Waals surface area (Å²) in [6.07, 6.45) is -0.672. The molecule has 2 amide bonds. The Balaban J connectivity index is 1.38. The summed E-state index contributed by atoms with van der Waals surface area (Å²) in [7, 11) is 0. The average molecular weight is 413 g/mol. The van der Waals surface area contributed by atoms with Crippen molar-refractivity contribution in [3.05, 3.63) is 77.9 Å². The van der Waals surface area contributed by atoms with E-state index in [-0.39, 0.29) is 11.8 Å². The summed E-state index contributed by atoms with van der Waals surface area (Å²) in [4.78, 5) is 29.4. The lowest BCUT2D eigenvalue weighted by Gasteiger charge is -2.36. The van der Waals surface area contributed by atoms with Crippen LogP contribution >= 0.6 is 0 Å². The van der Waals surface area contributed by atoms with E-state index in [9.17, 15) is 9.59 Å². The van der Waals surface area contributed by atoms with Gasteiger partial charge in [-0.1, -0.05) is 42.5 Å². The van der Waals surface area contributed by atoms with Gasteiger partial charge >= 0.3 is 0 Å². The van der Waals surface area contributed by atoms with Crippen molar-refractivity contribution in [2.45, 2.75) is 13.0 Å². The Bertz CT molecular complexity index is 1150. The fourth-order valence-corrected chi connectivity index (χ4v) is 3.86. The number of hydrogen-bond acceptors (Lipinski definition) is 4. The molecule has 0 spiro atoms. The smallest absolute Gasteiger partial charge is 0.263 e. The largest absolute Gasteiger partial charge is 0.481 e. The topological polar surface area (TPSA) is 73.6 Å². The van der Waals surface area contributed by atoms with Gasteiger partial charge in [0.2, 0.25) is 0 Å². The van der Waals surface area contributed by atoms with Gasteiger partial charge in [-0.15, -0.1) is 0 Å². The molecule has 31 heavy (non-hydrogen) atoms. The Kier molecular flexibility index (Phi) is 5.85. The monoisotopic (exact) mass is 413 g/mol. The molecule has 1 aliphatic rings. The molecule has 3 aromatic rings. The summed E-state index contributed by atoms with van der Waals surface area (Å²) in [5, 5.41) is 11.0. The molecule has 156 valence electrons. The summed E-state index contributed by atoms with van der Waals surface area (Å²) in [6.45, 7) is 3.58. The SMILES string of the molecule is CC(Oc1cccc(C#N)c1)C(=O)N1CCN(C(=O)c2cccc3ccccc23)CC1. The van der Waals surface area contributed by atoms with Gasteiger partial charge in [-0.3, -0.25) is 9.59 Å². The fourth-order valence-electron chi connectivity index (χ4n) is 3.86. The maximum Gasteiger partial charge on any atom is 0.263 e. The van der Waals surface area contributed by atoms with E-state index in [1.807, 2.05) is 42.5 Å². The van der Waals surface area contributed by atoms with Gasteiger partial charge in [0.15, 0.2) is 6.10 Å². The van der Waals surface area contributed by atoms with Crippen LogP contribution in [0.2, 0.25) is 0 Å².